The first kappa shape index (κ1) is 13.5. The van der Waals surface area contributed by atoms with Crippen molar-refractivity contribution in [1.82, 2.24) is 14.8 Å². The van der Waals surface area contributed by atoms with Crippen LogP contribution in [0.2, 0.25) is 0 Å². The van der Waals surface area contributed by atoms with E-state index in [2.05, 4.69) is 15.4 Å². The number of nitrogens with one attached hydrogen (secondary N) is 1. The van der Waals surface area contributed by atoms with Crippen LogP contribution in [-0.2, 0) is 13.5 Å². The van der Waals surface area contributed by atoms with Crippen molar-refractivity contribution in [3.05, 3.63) is 45.9 Å². The second kappa shape index (κ2) is 5.79. The van der Waals surface area contributed by atoms with Gasteiger partial charge in [0.25, 0.3) is 0 Å². The van der Waals surface area contributed by atoms with Gasteiger partial charge in [-0.3, -0.25) is 14.8 Å². The largest absolute Gasteiger partial charge is 0.370 e. The highest BCUT2D eigenvalue weighted by molar-refractivity contribution is 5.50. The zero-order valence-electron chi connectivity index (χ0n) is 10.8. The van der Waals surface area contributed by atoms with Crippen LogP contribution >= 0.6 is 0 Å². The molecule has 0 fully saturated rings. The van der Waals surface area contributed by atoms with Crippen molar-refractivity contribution < 1.29 is 4.92 Å². The van der Waals surface area contributed by atoms with E-state index < -0.39 is 4.92 Å². The van der Waals surface area contributed by atoms with Crippen LogP contribution in [0.1, 0.15) is 11.4 Å². The monoisotopic (exact) mass is 272 g/mol. The summed E-state index contributed by atoms with van der Waals surface area (Å²) >= 11 is 0. The van der Waals surface area contributed by atoms with Gasteiger partial charge in [-0.2, -0.15) is 10.4 Å². The maximum absolute atomic E-state index is 10.7. The van der Waals surface area contributed by atoms with E-state index in [0.29, 0.717) is 12.4 Å². The molecule has 0 aliphatic heterocycles. The molecule has 2 aromatic rings. The number of nitriles is 1. The molecule has 0 radical (unpaired) electrons. The molecule has 2 heterocycles. The molecule has 0 saturated carbocycles. The average Bonchev–Trinajstić information content (AvgIpc) is 2.84. The number of aromatic nitrogens is 3. The first-order valence-corrected chi connectivity index (χ1v) is 5.88. The van der Waals surface area contributed by atoms with E-state index in [1.54, 1.807) is 16.9 Å². The highest BCUT2D eigenvalue weighted by Crippen LogP contribution is 2.17. The molecule has 2 aromatic heterocycles. The van der Waals surface area contributed by atoms with Crippen LogP contribution in [0.3, 0.4) is 0 Å². The number of anilines is 1. The van der Waals surface area contributed by atoms with Gasteiger partial charge >= 0.3 is 5.69 Å². The molecule has 8 nitrogen and oxygen atoms in total. The lowest BCUT2D eigenvalue weighted by atomic mass is 10.3. The lowest BCUT2D eigenvalue weighted by Crippen LogP contribution is -2.10. The Morgan fingerprint density at radius 1 is 1.50 bits per heavy atom. The van der Waals surface area contributed by atoms with Crippen molar-refractivity contribution in [1.29, 1.82) is 5.26 Å². The number of pyridine rings is 1. The fourth-order valence-electron chi connectivity index (χ4n) is 1.75. The Morgan fingerprint density at radius 3 is 2.90 bits per heavy atom. The van der Waals surface area contributed by atoms with Gasteiger partial charge < -0.3 is 5.32 Å². The van der Waals surface area contributed by atoms with E-state index in [9.17, 15) is 10.1 Å². The fourth-order valence-corrected chi connectivity index (χ4v) is 1.75. The van der Waals surface area contributed by atoms with Crippen molar-refractivity contribution in [3.8, 4) is 6.07 Å². The van der Waals surface area contributed by atoms with Gasteiger partial charge in [0.2, 0.25) is 5.69 Å². The molecule has 0 bridgehead atoms. The third-order valence-electron chi connectivity index (χ3n) is 2.79. The van der Waals surface area contributed by atoms with E-state index in [4.69, 9.17) is 5.26 Å². The fraction of sp³-hybridized carbons (Fsp3) is 0.250. The van der Waals surface area contributed by atoms with Crippen molar-refractivity contribution in [3.63, 3.8) is 0 Å². The number of nitro groups is 1. The second-order valence-electron chi connectivity index (χ2n) is 4.06. The smallest absolute Gasteiger partial charge is 0.305 e. The van der Waals surface area contributed by atoms with Crippen LogP contribution in [0.4, 0.5) is 11.5 Å². The molecular weight excluding hydrogens is 260 g/mol. The Morgan fingerprint density at radius 2 is 2.30 bits per heavy atom. The van der Waals surface area contributed by atoms with E-state index >= 15 is 0 Å². The molecule has 102 valence electrons. The summed E-state index contributed by atoms with van der Waals surface area (Å²) in [5, 5.41) is 26.6. The molecule has 1 N–H and O–H groups in total. The summed E-state index contributed by atoms with van der Waals surface area (Å²) in [6.45, 7) is 0.592. The highest BCUT2D eigenvalue weighted by atomic mass is 16.6. The SMILES string of the molecule is Cn1nccc1CCNc1ccc([N+](=O)[O-])c(C#N)n1. The Kier molecular flexibility index (Phi) is 3.91. The molecule has 0 aliphatic rings. The third kappa shape index (κ3) is 2.89. The Labute approximate surface area is 114 Å². The first-order chi connectivity index (χ1) is 9.61. The van der Waals surface area contributed by atoms with Gasteiger partial charge in [0, 0.05) is 38.0 Å². The summed E-state index contributed by atoms with van der Waals surface area (Å²) in [7, 11) is 1.85. The molecule has 0 saturated heterocycles. The zero-order chi connectivity index (χ0) is 14.5. The van der Waals surface area contributed by atoms with Gasteiger partial charge in [-0.25, -0.2) is 4.98 Å². The molecule has 0 spiro atoms. The van der Waals surface area contributed by atoms with Gasteiger partial charge in [-0.1, -0.05) is 0 Å². The number of hydrogen-bond donors (Lipinski definition) is 1. The molecule has 0 aromatic carbocycles. The number of aryl methyl sites for hydroxylation is 1. The van der Waals surface area contributed by atoms with Crippen LogP contribution in [0.5, 0.6) is 0 Å². The minimum absolute atomic E-state index is 0.194. The molecule has 0 unspecified atom stereocenters. The molecule has 2 rings (SSSR count). The van der Waals surface area contributed by atoms with Crippen LogP contribution < -0.4 is 5.32 Å². The lowest BCUT2D eigenvalue weighted by Gasteiger charge is -2.06. The van der Waals surface area contributed by atoms with E-state index in [1.807, 2.05) is 13.1 Å². The van der Waals surface area contributed by atoms with Crippen LogP contribution in [0.15, 0.2) is 24.4 Å². The first-order valence-electron chi connectivity index (χ1n) is 5.88. The van der Waals surface area contributed by atoms with Gasteiger partial charge in [-0.15, -0.1) is 0 Å². The van der Waals surface area contributed by atoms with Gasteiger partial charge in [0.15, 0.2) is 0 Å². The average molecular weight is 272 g/mol. The molecule has 0 atom stereocenters. The van der Waals surface area contributed by atoms with Crippen molar-refractivity contribution in [2.24, 2.45) is 7.05 Å². The number of hydrogen-bond acceptors (Lipinski definition) is 6. The Bertz CT molecular complexity index is 673. The van der Waals surface area contributed by atoms with Crippen LogP contribution in [0, 0.1) is 21.4 Å². The quantitative estimate of drug-likeness (QED) is 0.648. The molecule has 0 aliphatic carbocycles. The van der Waals surface area contributed by atoms with E-state index in [-0.39, 0.29) is 11.4 Å². The highest BCUT2D eigenvalue weighted by Gasteiger charge is 2.15. The number of nitrogens with zero attached hydrogens (tertiary/aromatic N) is 5. The molecular formula is C12H12N6O2. The Hall–Kier alpha value is -2.95. The maximum Gasteiger partial charge on any atom is 0.305 e. The Balaban J connectivity index is 2.02. The maximum atomic E-state index is 10.7. The summed E-state index contributed by atoms with van der Waals surface area (Å²) in [6.07, 6.45) is 2.45. The lowest BCUT2D eigenvalue weighted by molar-refractivity contribution is -0.385. The number of rotatable bonds is 5. The van der Waals surface area contributed by atoms with Crippen LogP contribution in [0.25, 0.3) is 0 Å². The van der Waals surface area contributed by atoms with Crippen molar-refractivity contribution in [2.75, 3.05) is 11.9 Å². The summed E-state index contributed by atoms with van der Waals surface area (Å²) in [6, 6.07) is 6.40. The van der Waals surface area contributed by atoms with Gasteiger partial charge in [0.1, 0.15) is 11.9 Å². The summed E-state index contributed by atoms with van der Waals surface area (Å²) in [5.74, 6) is 0.439. The summed E-state index contributed by atoms with van der Waals surface area (Å²) in [5.41, 5.74) is 0.574. The van der Waals surface area contributed by atoms with Gasteiger partial charge in [-0.05, 0) is 12.1 Å². The summed E-state index contributed by atoms with van der Waals surface area (Å²) in [4.78, 5) is 14.0. The van der Waals surface area contributed by atoms with Gasteiger partial charge in [0.05, 0.1) is 4.92 Å². The molecule has 0 amide bonds. The third-order valence-corrected chi connectivity index (χ3v) is 2.79. The predicted molar refractivity (Wildman–Crippen MR) is 71.0 cm³/mol. The molecule has 8 heteroatoms. The second-order valence-corrected chi connectivity index (χ2v) is 4.06. The van der Waals surface area contributed by atoms with Crippen molar-refractivity contribution >= 4 is 11.5 Å². The zero-order valence-corrected chi connectivity index (χ0v) is 10.8. The standard InChI is InChI=1S/C12H12N6O2/c1-17-9(5-7-15-17)4-6-14-12-3-2-11(18(19)20)10(8-13)16-12/h2-3,5,7H,4,6H2,1H3,(H,14,16). The van der Waals surface area contributed by atoms with E-state index in [0.717, 1.165) is 12.1 Å². The minimum atomic E-state index is -0.620. The van der Waals surface area contributed by atoms with E-state index in [1.165, 1.54) is 12.1 Å². The normalized spacial score (nSPS) is 10.0. The predicted octanol–water partition coefficient (Wildman–Crippen LogP) is 1.25. The van der Waals surface area contributed by atoms with Crippen LogP contribution in [-0.4, -0.2) is 26.2 Å². The van der Waals surface area contributed by atoms with Crippen molar-refractivity contribution in [2.45, 2.75) is 6.42 Å². The topological polar surface area (TPSA) is 110 Å². The molecule has 20 heavy (non-hydrogen) atoms. The summed E-state index contributed by atoms with van der Waals surface area (Å²) < 4.78 is 1.77. The minimum Gasteiger partial charge on any atom is -0.370 e.